The number of benzene rings is 2. The first-order valence-electron chi connectivity index (χ1n) is 8.40. The molecule has 2 rings (SSSR count). The molecular formula is C20H23NO4S. The van der Waals surface area contributed by atoms with Crippen LogP contribution in [0.5, 0.6) is 0 Å². The zero-order chi connectivity index (χ0) is 19.3. The number of hydrogen-bond acceptors (Lipinski definition) is 4. The van der Waals surface area contributed by atoms with E-state index in [1.165, 1.54) is 6.92 Å². The number of ether oxygens (including phenoxy) is 1. The van der Waals surface area contributed by atoms with Crippen molar-refractivity contribution >= 4 is 28.4 Å². The number of aryl methyl sites for hydroxylation is 2. The van der Waals surface area contributed by atoms with Crippen molar-refractivity contribution in [2.45, 2.75) is 38.7 Å². The van der Waals surface area contributed by atoms with Crippen molar-refractivity contribution < 1.29 is 18.5 Å². The Labute approximate surface area is 156 Å². The predicted octanol–water partition coefficient (Wildman–Crippen LogP) is 3.61. The molecule has 0 heterocycles. The number of carbonyl (C=O) groups is 2. The van der Waals surface area contributed by atoms with E-state index in [1.807, 2.05) is 32.0 Å². The molecular weight excluding hydrogens is 350 g/mol. The highest BCUT2D eigenvalue weighted by Gasteiger charge is 2.22. The third-order valence-corrected chi connectivity index (χ3v) is 5.28. The van der Waals surface area contributed by atoms with Crippen molar-refractivity contribution in [1.82, 2.24) is 0 Å². The molecule has 0 radical (unpaired) electrons. The molecule has 1 N–H and O–H groups in total. The van der Waals surface area contributed by atoms with Gasteiger partial charge in [-0.2, -0.15) is 0 Å². The lowest BCUT2D eigenvalue weighted by Gasteiger charge is -2.16. The van der Waals surface area contributed by atoms with Gasteiger partial charge in [0.2, 0.25) is 0 Å². The summed E-state index contributed by atoms with van der Waals surface area (Å²) < 4.78 is 17.4. The second-order valence-corrected chi connectivity index (χ2v) is 7.69. The van der Waals surface area contributed by atoms with Gasteiger partial charge >= 0.3 is 5.97 Å². The molecule has 0 bridgehead atoms. The molecule has 1 amide bonds. The summed E-state index contributed by atoms with van der Waals surface area (Å²) in [6, 6.07) is 12.3. The zero-order valence-corrected chi connectivity index (χ0v) is 16.2. The molecule has 0 unspecified atom stereocenters. The minimum absolute atomic E-state index is 0.221. The standard InChI is InChI=1S/C20H23NO4S/c1-5-26(24)18-9-7-6-8-16(18)20(23)25-15(4)19(22)21-17-11-10-13(2)12-14(17)3/h6-12,15H,5H2,1-4H3,(H,21,22)/t15-,26+/m1/s1. The van der Waals surface area contributed by atoms with Crippen LogP contribution in [-0.2, 0) is 20.3 Å². The molecule has 2 aromatic rings. The third kappa shape index (κ3) is 4.79. The van der Waals surface area contributed by atoms with Crippen LogP contribution in [0.25, 0.3) is 0 Å². The summed E-state index contributed by atoms with van der Waals surface area (Å²) in [7, 11) is -1.29. The number of nitrogens with one attached hydrogen (secondary N) is 1. The summed E-state index contributed by atoms with van der Waals surface area (Å²) in [6.45, 7) is 7.16. The molecule has 2 atom stereocenters. The van der Waals surface area contributed by atoms with Crippen LogP contribution < -0.4 is 5.32 Å². The van der Waals surface area contributed by atoms with E-state index in [-0.39, 0.29) is 5.56 Å². The highest BCUT2D eigenvalue weighted by Crippen LogP contribution is 2.18. The van der Waals surface area contributed by atoms with Crippen LogP contribution in [-0.4, -0.2) is 27.9 Å². The van der Waals surface area contributed by atoms with E-state index in [1.54, 1.807) is 31.2 Å². The topological polar surface area (TPSA) is 72.5 Å². The van der Waals surface area contributed by atoms with Crippen molar-refractivity contribution in [1.29, 1.82) is 0 Å². The van der Waals surface area contributed by atoms with Crippen LogP contribution in [0.2, 0.25) is 0 Å². The minimum Gasteiger partial charge on any atom is -0.449 e. The fourth-order valence-corrected chi connectivity index (χ4v) is 3.39. The van der Waals surface area contributed by atoms with Gasteiger partial charge in [-0.25, -0.2) is 4.79 Å². The van der Waals surface area contributed by atoms with E-state index in [4.69, 9.17) is 4.74 Å². The maximum Gasteiger partial charge on any atom is 0.340 e. The normalized spacial score (nSPS) is 12.9. The lowest BCUT2D eigenvalue weighted by Crippen LogP contribution is -2.30. The van der Waals surface area contributed by atoms with E-state index in [9.17, 15) is 13.8 Å². The van der Waals surface area contributed by atoms with Gasteiger partial charge in [0.05, 0.1) is 21.3 Å². The van der Waals surface area contributed by atoms with E-state index in [0.717, 1.165) is 11.1 Å². The average Bonchev–Trinajstić information content (AvgIpc) is 2.63. The van der Waals surface area contributed by atoms with Crippen LogP contribution in [0.1, 0.15) is 35.3 Å². The van der Waals surface area contributed by atoms with Gasteiger partial charge in [-0.15, -0.1) is 0 Å². The zero-order valence-electron chi connectivity index (χ0n) is 15.4. The Morgan fingerprint density at radius 2 is 1.85 bits per heavy atom. The molecule has 6 heteroatoms. The van der Waals surface area contributed by atoms with Gasteiger partial charge in [0.15, 0.2) is 6.10 Å². The average molecular weight is 373 g/mol. The summed E-state index contributed by atoms with van der Waals surface area (Å²) in [5.74, 6) is -0.683. The van der Waals surface area contributed by atoms with E-state index in [0.29, 0.717) is 16.3 Å². The summed E-state index contributed by atoms with van der Waals surface area (Å²) in [5.41, 5.74) is 2.93. The summed E-state index contributed by atoms with van der Waals surface area (Å²) in [6.07, 6.45) is -0.980. The molecule has 0 aromatic heterocycles. The minimum atomic E-state index is -1.29. The molecule has 0 aliphatic carbocycles. The molecule has 0 fully saturated rings. The maximum atomic E-state index is 12.4. The van der Waals surface area contributed by atoms with E-state index in [2.05, 4.69) is 5.32 Å². The molecule has 2 aromatic carbocycles. The Kier molecular flexibility index (Phi) is 6.69. The largest absolute Gasteiger partial charge is 0.449 e. The van der Waals surface area contributed by atoms with Gasteiger partial charge < -0.3 is 10.1 Å². The molecule has 0 saturated heterocycles. The quantitative estimate of drug-likeness (QED) is 0.785. The van der Waals surface area contributed by atoms with Gasteiger partial charge in [-0.3, -0.25) is 9.00 Å². The van der Waals surface area contributed by atoms with Gasteiger partial charge in [0.25, 0.3) is 5.91 Å². The number of carbonyl (C=O) groups excluding carboxylic acids is 2. The molecule has 5 nitrogen and oxygen atoms in total. The lowest BCUT2D eigenvalue weighted by molar-refractivity contribution is -0.123. The van der Waals surface area contributed by atoms with Crippen molar-refractivity contribution in [3.05, 3.63) is 59.2 Å². The first-order valence-corrected chi connectivity index (χ1v) is 9.71. The number of hydrogen-bond donors (Lipinski definition) is 1. The molecule has 138 valence electrons. The molecule has 0 spiro atoms. The number of anilines is 1. The Balaban J connectivity index is 2.09. The number of amides is 1. The summed E-state index contributed by atoms with van der Waals surface area (Å²) in [5, 5.41) is 2.77. The summed E-state index contributed by atoms with van der Waals surface area (Å²) in [4.78, 5) is 25.2. The van der Waals surface area contributed by atoms with Gasteiger partial charge in [0.1, 0.15) is 0 Å². The van der Waals surface area contributed by atoms with Gasteiger partial charge in [0, 0.05) is 11.4 Å². The van der Waals surface area contributed by atoms with E-state index < -0.39 is 28.8 Å². The van der Waals surface area contributed by atoms with Crippen molar-refractivity contribution in [3.63, 3.8) is 0 Å². The van der Waals surface area contributed by atoms with Crippen LogP contribution in [0.4, 0.5) is 5.69 Å². The van der Waals surface area contributed by atoms with Gasteiger partial charge in [-0.05, 0) is 44.5 Å². The smallest absolute Gasteiger partial charge is 0.340 e. The van der Waals surface area contributed by atoms with Crippen molar-refractivity contribution in [3.8, 4) is 0 Å². The van der Waals surface area contributed by atoms with E-state index >= 15 is 0 Å². The molecule has 0 aliphatic heterocycles. The fourth-order valence-electron chi connectivity index (χ4n) is 2.46. The molecule has 0 aliphatic rings. The summed E-state index contributed by atoms with van der Waals surface area (Å²) >= 11 is 0. The third-order valence-electron chi connectivity index (χ3n) is 3.91. The van der Waals surface area contributed by atoms with Crippen molar-refractivity contribution in [2.24, 2.45) is 0 Å². The Morgan fingerprint density at radius 1 is 1.15 bits per heavy atom. The molecule has 26 heavy (non-hydrogen) atoms. The van der Waals surface area contributed by atoms with Crippen LogP contribution in [0.15, 0.2) is 47.4 Å². The first-order chi connectivity index (χ1) is 12.3. The number of rotatable bonds is 6. The highest BCUT2D eigenvalue weighted by molar-refractivity contribution is 7.85. The first kappa shape index (κ1) is 19.8. The predicted molar refractivity (Wildman–Crippen MR) is 103 cm³/mol. The van der Waals surface area contributed by atoms with Crippen LogP contribution in [0.3, 0.4) is 0 Å². The van der Waals surface area contributed by atoms with Crippen molar-refractivity contribution in [2.75, 3.05) is 11.1 Å². The van der Waals surface area contributed by atoms with Crippen LogP contribution in [0, 0.1) is 13.8 Å². The Bertz CT molecular complexity index is 847. The Morgan fingerprint density at radius 3 is 2.50 bits per heavy atom. The maximum absolute atomic E-state index is 12.4. The van der Waals surface area contributed by atoms with Crippen LogP contribution >= 0.6 is 0 Å². The Hall–Kier alpha value is -2.47. The SMILES string of the molecule is CC[S@](=O)c1ccccc1C(=O)O[C@H](C)C(=O)Nc1ccc(C)cc1C. The highest BCUT2D eigenvalue weighted by atomic mass is 32.2. The lowest BCUT2D eigenvalue weighted by atomic mass is 10.1. The second-order valence-electron chi connectivity index (χ2n) is 5.99. The number of esters is 1. The fraction of sp³-hybridized carbons (Fsp3) is 0.300. The molecule has 0 saturated carbocycles. The second kappa shape index (κ2) is 8.76. The monoisotopic (exact) mass is 373 g/mol. The van der Waals surface area contributed by atoms with Gasteiger partial charge in [-0.1, -0.05) is 36.8 Å².